The van der Waals surface area contributed by atoms with E-state index in [0.717, 1.165) is 5.56 Å². The zero-order valence-electron chi connectivity index (χ0n) is 11.4. The van der Waals surface area contributed by atoms with Crippen LogP contribution >= 0.6 is 0 Å². The van der Waals surface area contributed by atoms with Crippen molar-refractivity contribution in [2.75, 3.05) is 5.75 Å². The molecule has 0 radical (unpaired) electrons. The van der Waals surface area contributed by atoms with Gasteiger partial charge in [0.2, 0.25) is 0 Å². The van der Waals surface area contributed by atoms with Crippen LogP contribution in [0.3, 0.4) is 0 Å². The SMILES string of the molecule is Cc1ccc(S(=O)(=O)CC(C)(O)c2cccnc2)cc1. The third kappa shape index (κ3) is 3.23. The van der Waals surface area contributed by atoms with E-state index in [-0.39, 0.29) is 10.6 Å². The summed E-state index contributed by atoms with van der Waals surface area (Å²) in [7, 11) is -3.56. The molecule has 2 rings (SSSR count). The number of aromatic nitrogens is 1. The zero-order valence-corrected chi connectivity index (χ0v) is 12.3. The molecule has 0 aliphatic carbocycles. The summed E-state index contributed by atoms with van der Waals surface area (Å²) in [6, 6.07) is 9.94. The van der Waals surface area contributed by atoms with E-state index >= 15 is 0 Å². The van der Waals surface area contributed by atoms with Gasteiger partial charge >= 0.3 is 0 Å². The first-order valence-electron chi connectivity index (χ1n) is 6.24. The molecule has 1 aromatic heterocycles. The lowest BCUT2D eigenvalue weighted by atomic mass is 10.0. The first-order chi connectivity index (χ1) is 9.31. The molecule has 0 aliphatic rings. The molecule has 0 amide bonds. The summed E-state index contributed by atoms with van der Waals surface area (Å²) in [5.74, 6) is -0.380. The predicted molar refractivity (Wildman–Crippen MR) is 77.0 cm³/mol. The van der Waals surface area contributed by atoms with Gasteiger partial charge in [0.05, 0.1) is 10.6 Å². The van der Waals surface area contributed by atoms with Crippen molar-refractivity contribution in [1.82, 2.24) is 4.98 Å². The van der Waals surface area contributed by atoms with Gasteiger partial charge in [0.1, 0.15) is 5.60 Å². The van der Waals surface area contributed by atoms with Crippen molar-refractivity contribution in [3.05, 3.63) is 59.9 Å². The average Bonchev–Trinajstić information content (AvgIpc) is 2.39. The van der Waals surface area contributed by atoms with Crippen LogP contribution in [-0.2, 0) is 15.4 Å². The van der Waals surface area contributed by atoms with Crippen LogP contribution < -0.4 is 0 Å². The fraction of sp³-hybridized carbons (Fsp3) is 0.267. The summed E-state index contributed by atoms with van der Waals surface area (Å²) < 4.78 is 24.7. The molecule has 1 unspecified atom stereocenters. The maximum atomic E-state index is 12.4. The number of aliphatic hydroxyl groups is 1. The Kier molecular flexibility index (Phi) is 3.92. The fourth-order valence-electron chi connectivity index (χ4n) is 1.96. The van der Waals surface area contributed by atoms with Gasteiger partial charge in [-0.3, -0.25) is 4.98 Å². The zero-order chi connectivity index (χ0) is 14.8. The van der Waals surface area contributed by atoms with Crippen LogP contribution in [-0.4, -0.2) is 24.3 Å². The second-order valence-corrected chi connectivity index (χ2v) is 7.08. The summed E-state index contributed by atoms with van der Waals surface area (Å²) in [6.07, 6.45) is 3.05. The highest BCUT2D eigenvalue weighted by Crippen LogP contribution is 2.25. The fourth-order valence-corrected chi connectivity index (χ4v) is 3.59. The Labute approximate surface area is 119 Å². The molecule has 5 heteroatoms. The van der Waals surface area contributed by atoms with Crippen molar-refractivity contribution in [3.63, 3.8) is 0 Å². The topological polar surface area (TPSA) is 67.3 Å². The maximum absolute atomic E-state index is 12.4. The molecule has 0 aliphatic heterocycles. The molecule has 1 atom stereocenters. The third-order valence-electron chi connectivity index (χ3n) is 3.13. The Bertz CT molecular complexity index is 677. The Balaban J connectivity index is 2.30. The van der Waals surface area contributed by atoms with E-state index in [1.807, 2.05) is 6.92 Å². The number of nitrogens with zero attached hydrogens (tertiary/aromatic N) is 1. The van der Waals surface area contributed by atoms with Crippen molar-refractivity contribution in [1.29, 1.82) is 0 Å². The van der Waals surface area contributed by atoms with Crippen LogP contribution in [0.1, 0.15) is 18.1 Å². The molecular weight excluding hydrogens is 274 g/mol. The van der Waals surface area contributed by atoms with E-state index in [2.05, 4.69) is 4.98 Å². The van der Waals surface area contributed by atoms with Gasteiger partial charge in [-0.2, -0.15) is 0 Å². The minimum Gasteiger partial charge on any atom is -0.384 e. The Morgan fingerprint density at radius 3 is 2.40 bits per heavy atom. The number of hydrogen-bond donors (Lipinski definition) is 1. The van der Waals surface area contributed by atoms with Gasteiger partial charge < -0.3 is 5.11 Å². The molecule has 1 aromatic carbocycles. The van der Waals surface area contributed by atoms with E-state index in [1.165, 1.54) is 13.1 Å². The lowest BCUT2D eigenvalue weighted by Crippen LogP contribution is -2.31. The minimum atomic E-state index is -3.56. The van der Waals surface area contributed by atoms with Gasteiger partial charge in [0.15, 0.2) is 9.84 Å². The predicted octanol–water partition coefficient (Wildman–Crippen LogP) is 2.07. The number of hydrogen-bond acceptors (Lipinski definition) is 4. The standard InChI is InChI=1S/C15H17NO3S/c1-12-5-7-14(8-6-12)20(18,19)11-15(2,17)13-4-3-9-16-10-13/h3-10,17H,11H2,1-2H3. The van der Waals surface area contributed by atoms with Crippen LogP contribution in [0.4, 0.5) is 0 Å². The Hall–Kier alpha value is -1.72. The Morgan fingerprint density at radius 1 is 1.20 bits per heavy atom. The largest absolute Gasteiger partial charge is 0.384 e. The summed E-state index contributed by atoms with van der Waals surface area (Å²) in [5.41, 5.74) is -0.00325. The number of sulfone groups is 1. The van der Waals surface area contributed by atoms with Gasteiger partial charge in [0, 0.05) is 18.0 Å². The summed E-state index contributed by atoms with van der Waals surface area (Å²) >= 11 is 0. The van der Waals surface area contributed by atoms with Crippen molar-refractivity contribution in [2.24, 2.45) is 0 Å². The van der Waals surface area contributed by atoms with E-state index in [4.69, 9.17) is 0 Å². The molecule has 0 saturated carbocycles. The first-order valence-corrected chi connectivity index (χ1v) is 7.89. The quantitative estimate of drug-likeness (QED) is 0.936. The highest BCUT2D eigenvalue weighted by atomic mass is 32.2. The number of aryl methyl sites for hydroxylation is 1. The molecule has 2 aromatic rings. The highest BCUT2D eigenvalue weighted by molar-refractivity contribution is 7.91. The third-order valence-corrected chi connectivity index (χ3v) is 5.07. The van der Waals surface area contributed by atoms with E-state index in [0.29, 0.717) is 5.56 Å². The van der Waals surface area contributed by atoms with Crippen LogP contribution in [0.2, 0.25) is 0 Å². The van der Waals surface area contributed by atoms with Crippen molar-refractivity contribution < 1.29 is 13.5 Å². The van der Waals surface area contributed by atoms with Crippen molar-refractivity contribution in [3.8, 4) is 0 Å². The van der Waals surface area contributed by atoms with E-state index < -0.39 is 15.4 Å². The smallest absolute Gasteiger partial charge is 0.181 e. The van der Waals surface area contributed by atoms with Gasteiger partial charge in [-0.25, -0.2) is 8.42 Å². The molecule has 20 heavy (non-hydrogen) atoms. The molecule has 1 heterocycles. The number of rotatable bonds is 4. The number of pyridine rings is 1. The monoisotopic (exact) mass is 291 g/mol. The molecule has 106 valence electrons. The minimum absolute atomic E-state index is 0.215. The lowest BCUT2D eigenvalue weighted by molar-refractivity contribution is 0.0816. The maximum Gasteiger partial charge on any atom is 0.181 e. The molecule has 4 nitrogen and oxygen atoms in total. The summed E-state index contributed by atoms with van der Waals surface area (Å²) in [6.45, 7) is 3.37. The average molecular weight is 291 g/mol. The summed E-state index contributed by atoms with van der Waals surface area (Å²) in [4.78, 5) is 4.13. The van der Waals surface area contributed by atoms with E-state index in [9.17, 15) is 13.5 Å². The molecule has 0 spiro atoms. The second kappa shape index (κ2) is 5.34. The van der Waals surface area contributed by atoms with Crippen LogP contribution in [0.15, 0.2) is 53.7 Å². The summed E-state index contributed by atoms with van der Waals surface area (Å²) in [5, 5.41) is 10.4. The lowest BCUT2D eigenvalue weighted by Gasteiger charge is -2.23. The molecule has 1 N–H and O–H groups in total. The second-order valence-electron chi connectivity index (χ2n) is 5.09. The van der Waals surface area contributed by atoms with Crippen molar-refractivity contribution in [2.45, 2.75) is 24.3 Å². The van der Waals surface area contributed by atoms with Crippen molar-refractivity contribution >= 4 is 9.84 Å². The normalized spacial score (nSPS) is 14.8. The molecule has 0 bridgehead atoms. The molecule has 0 saturated heterocycles. The van der Waals surface area contributed by atoms with Gasteiger partial charge in [-0.05, 0) is 32.0 Å². The van der Waals surface area contributed by atoms with Gasteiger partial charge in [-0.1, -0.05) is 23.8 Å². The van der Waals surface area contributed by atoms with Crippen LogP contribution in [0.25, 0.3) is 0 Å². The Morgan fingerprint density at radius 2 is 1.85 bits per heavy atom. The van der Waals surface area contributed by atoms with Gasteiger partial charge in [0.25, 0.3) is 0 Å². The van der Waals surface area contributed by atoms with E-state index in [1.54, 1.807) is 42.6 Å². The first kappa shape index (κ1) is 14.7. The van der Waals surface area contributed by atoms with Crippen LogP contribution in [0, 0.1) is 6.92 Å². The van der Waals surface area contributed by atoms with Gasteiger partial charge in [-0.15, -0.1) is 0 Å². The molecular formula is C15H17NO3S. The highest BCUT2D eigenvalue weighted by Gasteiger charge is 2.31. The number of benzene rings is 1. The van der Waals surface area contributed by atoms with Crippen LogP contribution in [0.5, 0.6) is 0 Å². The molecule has 0 fully saturated rings.